The van der Waals surface area contributed by atoms with Gasteiger partial charge in [0.05, 0.1) is 23.6 Å². The van der Waals surface area contributed by atoms with Crippen LogP contribution in [-0.4, -0.2) is 32.7 Å². The number of fused-ring (bicyclic) bond motifs is 1. The van der Waals surface area contributed by atoms with Crippen molar-refractivity contribution in [2.45, 2.75) is 20.0 Å². The number of imidazole rings is 1. The third-order valence-electron chi connectivity index (χ3n) is 6.05. The van der Waals surface area contributed by atoms with Gasteiger partial charge in [-0.15, -0.1) is 0 Å². The van der Waals surface area contributed by atoms with E-state index in [0.29, 0.717) is 13.1 Å². The average molecular weight is 613 g/mol. The number of ether oxygens (including phenoxy) is 1. The van der Waals surface area contributed by atoms with Gasteiger partial charge >= 0.3 is 0 Å². The average Bonchev–Trinajstić information content (AvgIpc) is 3.57. The van der Waals surface area contributed by atoms with Gasteiger partial charge in [0, 0.05) is 52.4 Å². The second-order valence-corrected chi connectivity index (χ2v) is 10.2. The number of para-hydroxylation sites is 2. The highest BCUT2D eigenvalue weighted by molar-refractivity contribution is 14.1. The second kappa shape index (κ2) is 10.7. The fourth-order valence-electron chi connectivity index (χ4n) is 4.28. The molecule has 0 unspecified atom stereocenters. The number of halogens is 1. The minimum Gasteiger partial charge on any atom is -0.457 e. The number of aromatic amines is 1. The molecule has 0 aliphatic heterocycles. The predicted molar refractivity (Wildman–Crippen MR) is 155 cm³/mol. The van der Waals surface area contributed by atoms with Crippen molar-refractivity contribution in [2.24, 2.45) is 0 Å². The van der Waals surface area contributed by atoms with Crippen LogP contribution in [0, 0.1) is 6.92 Å². The fourth-order valence-corrected chi connectivity index (χ4v) is 4.97. The summed E-state index contributed by atoms with van der Waals surface area (Å²) in [6.07, 6.45) is 3.49. The standard InChI is InChI=1S/C29H24IN7O/c1-20-8-7-12-24(33-20)29-28(22-14-15-27-31-19-32-37(27)17-22)34-26(35-29)18-36(30)16-21-9-5-6-13-25(21)38-23-10-3-2-4-11-23/h2-15,17,19H,16,18H2,1H3,(H,34,35). The fraction of sp³-hybridized carbons (Fsp3) is 0.103. The molecule has 2 aromatic carbocycles. The van der Waals surface area contributed by atoms with E-state index >= 15 is 0 Å². The van der Waals surface area contributed by atoms with Crippen LogP contribution in [0.3, 0.4) is 0 Å². The van der Waals surface area contributed by atoms with Gasteiger partial charge in [0.1, 0.15) is 23.7 Å². The Labute approximate surface area is 233 Å². The third-order valence-corrected chi connectivity index (χ3v) is 6.73. The van der Waals surface area contributed by atoms with Crippen molar-refractivity contribution in [2.75, 3.05) is 0 Å². The molecule has 1 N–H and O–H groups in total. The van der Waals surface area contributed by atoms with Crippen molar-refractivity contribution in [1.82, 2.24) is 32.7 Å². The first kappa shape index (κ1) is 24.3. The smallest absolute Gasteiger partial charge is 0.155 e. The first-order valence-corrected chi connectivity index (χ1v) is 13.1. The molecule has 0 amide bonds. The van der Waals surface area contributed by atoms with Gasteiger partial charge in [0.25, 0.3) is 0 Å². The minimum atomic E-state index is 0.602. The Hall–Kier alpha value is -4.09. The molecule has 188 valence electrons. The van der Waals surface area contributed by atoms with E-state index in [2.05, 4.69) is 47.1 Å². The van der Waals surface area contributed by atoms with E-state index in [9.17, 15) is 0 Å². The summed E-state index contributed by atoms with van der Waals surface area (Å²) in [5.41, 5.74) is 6.31. The summed E-state index contributed by atoms with van der Waals surface area (Å²) in [6.45, 7) is 3.27. The highest BCUT2D eigenvalue weighted by atomic mass is 127. The summed E-state index contributed by atoms with van der Waals surface area (Å²) in [6, 6.07) is 27.9. The van der Waals surface area contributed by atoms with Crippen LogP contribution in [-0.2, 0) is 13.1 Å². The van der Waals surface area contributed by atoms with E-state index < -0.39 is 0 Å². The number of hydrogen-bond donors (Lipinski definition) is 1. The van der Waals surface area contributed by atoms with E-state index in [4.69, 9.17) is 14.7 Å². The van der Waals surface area contributed by atoms with Crippen molar-refractivity contribution in [3.63, 3.8) is 0 Å². The molecule has 0 spiro atoms. The Morgan fingerprint density at radius 2 is 1.74 bits per heavy atom. The molecule has 0 saturated heterocycles. The third kappa shape index (κ3) is 5.29. The van der Waals surface area contributed by atoms with Gasteiger partial charge in [0.15, 0.2) is 5.65 Å². The number of benzene rings is 2. The Morgan fingerprint density at radius 1 is 0.895 bits per heavy atom. The Morgan fingerprint density at radius 3 is 2.61 bits per heavy atom. The maximum atomic E-state index is 6.16. The summed E-state index contributed by atoms with van der Waals surface area (Å²) < 4.78 is 10.1. The van der Waals surface area contributed by atoms with Crippen LogP contribution in [0.25, 0.3) is 28.3 Å². The number of hydrogen-bond acceptors (Lipinski definition) is 6. The largest absolute Gasteiger partial charge is 0.457 e. The number of H-pyrrole nitrogens is 1. The van der Waals surface area contributed by atoms with E-state index in [0.717, 1.165) is 56.9 Å². The predicted octanol–water partition coefficient (Wildman–Crippen LogP) is 6.63. The Bertz CT molecular complexity index is 1700. The molecule has 6 rings (SSSR count). The van der Waals surface area contributed by atoms with Crippen LogP contribution in [0.15, 0.2) is 97.5 Å². The second-order valence-electron chi connectivity index (χ2n) is 8.85. The van der Waals surface area contributed by atoms with Crippen LogP contribution in [0.2, 0.25) is 0 Å². The molecule has 6 aromatic rings. The molecular formula is C29H24IN7O. The monoisotopic (exact) mass is 613 g/mol. The highest BCUT2D eigenvalue weighted by Gasteiger charge is 2.18. The quantitative estimate of drug-likeness (QED) is 0.153. The molecule has 38 heavy (non-hydrogen) atoms. The van der Waals surface area contributed by atoms with Gasteiger partial charge in [-0.2, -0.15) is 5.10 Å². The first-order chi connectivity index (χ1) is 18.6. The summed E-state index contributed by atoms with van der Waals surface area (Å²) >= 11 is 2.34. The zero-order valence-electron chi connectivity index (χ0n) is 20.6. The van der Waals surface area contributed by atoms with E-state index in [1.165, 1.54) is 0 Å². The molecular weight excluding hydrogens is 589 g/mol. The lowest BCUT2D eigenvalue weighted by atomic mass is 10.1. The summed E-state index contributed by atoms with van der Waals surface area (Å²) in [4.78, 5) is 17.6. The summed E-state index contributed by atoms with van der Waals surface area (Å²) in [5, 5.41) is 4.29. The van der Waals surface area contributed by atoms with Crippen molar-refractivity contribution in [3.05, 3.63) is 115 Å². The SMILES string of the molecule is Cc1cccc(-c2[nH]c(CN(I)Cc3ccccc3Oc3ccccc3)nc2-c2ccc3ncnn3c2)n1. The summed E-state index contributed by atoms with van der Waals surface area (Å²) in [5.74, 6) is 2.49. The van der Waals surface area contributed by atoms with Crippen molar-refractivity contribution in [1.29, 1.82) is 0 Å². The van der Waals surface area contributed by atoms with Gasteiger partial charge in [-0.05, 0) is 49.4 Å². The molecule has 9 heteroatoms. The normalized spacial score (nSPS) is 11.3. The van der Waals surface area contributed by atoms with Gasteiger partial charge in [0.2, 0.25) is 0 Å². The Balaban J connectivity index is 1.29. The molecule has 0 saturated carbocycles. The zero-order chi connectivity index (χ0) is 25.9. The van der Waals surface area contributed by atoms with Crippen LogP contribution in [0.4, 0.5) is 0 Å². The lowest BCUT2D eigenvalue weighted by Gasteiger charge is -2.16. The lowest BCUT2D eigenvalue weighted by molar-refractivity contribution is 0.447. The topological polar surface area (TPSA) is 84.2 Å². The number of nitrogens with zero attached hydrogens (tertiary/aromatic N) is 6. The summed E-state index contributed by atoms with van der Waals surface area (Å²) in [7, 11) is 0. The maximum absolute atomic E-state index is 6.16. The zero-order valence-corrected chi connectivity index (χ0v) is 22.8. The number of aryl methyl sites for hydroxylation is 1. The Kier molecular flexibility index (Phi) is 6.84. The van der Waals surface area contributed by atoms with Crippen molar-refractivity contribution >= 4 is 28.5 Å². The number of nitrogens with one attached hydrogen (secondary N) is 1. The van der Waals surface area contributed by atoms with Gasteiger partial charge in [-0.1, -0.05) is 42.5 Å². The van der Waals surface area contributed by atoms with Gasteiger partial charge < -0.3 is 9.72 Å². The van der Waals surface area contributed by atoms with Crippen molar-refractivity contribution in [3.8, 4) is 34.1 Å². The number of rotatable bonds is 8. The van der Waals surface area contributed by atoms with Crippen LogP contribution >= 0.6 is 22.9 Å². The van der Waals surface area contributed by atoms with E-state index in [1.54, 1.807) is 10.8 Å². The maximum Gasteiger partial charge on any atom is 0.155 e. The molecule has 4 heterocycles. The molecule has 0 atom stereocenters. The van der Waals surface area contributed by atoms with E-state index in [1.807, 2.05) is 92.0 Å². The van der Waals surface area contributed by atoms with Crippen LogP contribution < -0.4 is 4.74 Å². The molecule has 0 aliphatic carbocycles. The van der Waals surface area contributed by atoms with Crippen LogP contribution in [0.5, 0.6) is 11.5 Å². The lowest BCUT2D eigenvalue weighted by Crippen LogP contribution is -2.12. The van der Waals surface area contributed by atoms with Crippen molar-refractivity contribution < 1.29 is 4.74 Å². The van der Waals surface area contributed by atoms with Gasteiger partial charge in [-0.25, -0.2) is 17.6 Å². The molecule has 0 radical (unpaired) electrons. The molecule has 4 aromatic heterocycles. The van der Waals surface area contributed by atoms with E-state index in [-0.39, 0.29) is 0 Å². The molecule has 0 aliphatic rings. The number of aromatic nitrogens is 6. The number of pyridine rings is 2. The molecule has 8 nitrogen and oxygen atoms in total. The minimum absolute atomic E-state index is 0.602. The van der Waals surface area contributed by atoms with Gasteiger partial charge in [-0.3, -0.25) is 4.98 Å². The molecule has 0 fully saturated rings. The molecule has 0 bridgehead atoms. The first-order valence-electron chi connectivity index (χ1n) is 12.2. The van der Waals surface area contributed by atoms with Crippen LogP contribution in [0.1, 0.15) is 17.1 Å². The highest BCUT2D eigenvalue weighted by Crippen LogP contribution is 2.31.